The summed E-state index contributed by atoms with van der Waals surface area (Å²) >= 11 is 0. The van der Waals surface area contributed by atoms with Gasteiger partial charge in [-0.2, -0.15) is 0 Å². The van der Waals surface area contributed by atoms with Crippen molar-refractivity contribution >= 4 is 11.9 Å². The average Bonchev–Trinajstić information content (AvgIpc) is 2.82. The summed E-state index contributed by atoms with van der Waals surface area (Å²) in [7, 11) is 0. The lowest BCUT2D eigenvalue weighted by atomic mass is 10.0. The van der Waals surface area contributed by atoms with E-state index in [0.29, 0.717) is 17.6 Å². The largest absolute Gasteiger partial charge is 0.421 e. The molecule has 1 aliphatic heterocycles. The molecule has 90 valence electrons. The smallest absolute Gasteiger partial charge is 0.347 e. The Morgan fingerprint density at radius 2 is 2.11 bits per heavy atom. The number of carbonyl (C=O) groups excluding carboxylic acids is 1. The van der Waals surface area contributed by atoms with Crippen molar-refractivity contribution in [1.29, 1.82) is 0 Å². The first-order valence-electron chi connectivity index (χ1n) is 5.86. The maximum atomic E-state index is 11.6. The van der Waals surface area contributed by atoms with Crippen LogP contribution < -0.4 is 5.63 Å². The Bertz CT molecular complexity index is 707. The van der Waals surface area contributed by atoms with Gasteiger partial charge in [0.05, 0.1) is 0 Å². The van der Waals surface area contributed by atoms with E-state index in [4.69, 9.17) is 4.42 Å². The lowest BCUT2D eigenvalue weighted by molar-refractivity contribution is 0.112. The standard InChI is InChI=1S/C15H12O3/c1-8-3-6-11-12(7-16)15(17)18-14(11)13-9(2)4-5-10(8)13/h3,6-7H,2,4-5H2,1H3. The molecule has 0 N–H and O–H groups in total. The molecule has 2 aliphatic carbocycles. The van der Waals surface area contributed by atoms with E-state index in [9.17, 15) is 9.59 Å². The zero-order valence-electron chi connectivity index (χ0n) is 10.1. The van der Waals surface area contributed by atoms with Gasteiger partial charge in [0.15, 0.2) is 6.29 Å². The van der Waals surface area contributed by atoms with E-state index in [1.807, 2.05) is 13.0 Å². The van der Waals surface area contributed by atoms with Crippen molar-refractivity contribution < 1.29 is 9.21 Å². The predicted octanol–water partition coefficient (Wildman–Crippen LogP) is 2.82. The molecule has 0 saturated carbocycles. The molecule has 0 amide bonds. The van der Waals surface area contributed by atoms with Crippen molar-refractivity contribution in [2.24, 2.45) is 0 Å². The molecule has 18 heavy (non-hydrogen) atoms. The van der Waals surface area contributed by atoms with Gasteiger partial charge in [-0.25, -0.2) is 4.79 Å². The minimum Gasteiger partial charge on any atom is -0.421 e. The van der Waals surface area contributed by atoms with E-state index in [2.05, 4.69) is 6.58 Å². The summed E-state index contributed by atoms with van der Waals surface area (Å²) in [4.78, 5) is 22.6. The number of fused-ring (bicyclic) bond motifs is 3. The maximum absolute atomic E-state index is 11.6. The molecule has 0 aromatic heterocycles. The molecule has 0 aromatic carbocycles. The number of allylic oxidation sites excluding steroid dienone is 1. The van der Waals surface area contributed by atoms with E-state index in [1.165, 1.54) is 5.56 Å². The molecule has 0 bridgehead atoms. The van der Waals surface area contributed by atoms with E-state index in [1.54, 1.807) is 6.07 Å². The van der Waals surface area contributed by atoms with Gasteiger partial charge in [-0.05, 0) is 42.5 Å². The van der Waals surface area contributed by atoms with E-state index >= 15 is 0 Å². The Kier molecular flexibility index (Phi) is 2.23. The molecule has 0 atom stereocenters. The van der Waals surface area contributed by atoms with Gasteiger partial charge in [-0.3, -0.25) is 4.79 Å². The summed E-state index contributed by atoms with van der Waals surface area (Å²) in [5, 5.41) is 0. The Morgan fingerprint density at radius 3 is 2.83 bits per heavy atom. The summed E-state index contributed by atoms with van der Waals surface area (Å²) in [6, 6.07) is 3.71. The van der Waals surface area contributed by atoms with Crippen LogP contribution in [0.5, 0.6) is 0 Å². The second-order valence-corrected chi connectivity index (χ2v) is 4.64. The van der Waals surface area contributed by atoms with Crippen LogP contribution in [0.15, 0.2) is 27.9 Å². The van der Waals surface area contributed by atoms with Crippen molar-refractivity contribution in [3.05, 3.63) is 51.4 Å². The molecule has 3 rings (SSSR count). The highest BCUT2D eigenvalue weighted by molar-refractivity contribution is 5.91. The van der Waals surface area contributed by atoms with Gasteiger partial charge in [-0.15, -0.1) is 0 Å². The van der Waals surface area contributed by atoms with Crippen LogP contribution in [-0.4, -0.2) is 6.29 Å². The van der Waals surface area contributed by atoms with Crippen LogP contribution in [0.4, 0.5) is 0 Å². The Labute approximate surface area is 104 Å². The van der Waals surface area contributed by atoms with Crippen LogP contribution in [0, 0.1) is 6.92 Å². The summed E-state index contributed by atoms with van der Waals surface area (Å²) < 4.78 is 5.27. The highest BCUT2D eigenvalue weighted by atomic mass is 16.4. The van der Waals surface area contributed by atoms with Gasteiger partial charge in [0.25, 0.3) is 0 Å². The molecule has 3 heteroatoms. The number of aryl methyl sites for hydroxylation is 1. The van der Waals surface area contributed by atoms with Crippen molar-refractivity contribution in [1.82, 2.24) is 0 Å². The van der Waals surface area contributed by atoms with Gasteiger partial charge in [0.2, 0.25) is 0 Å². The van der Waals surface area contributed by atoms with E-state index < -0.39 is 5.63 Å². The number of hydrogen-bond donors (Lipinski definition) is 0. The maximum Gasteiger partial charge on any atom is 0.347 e. The number of rotatable bonds is 1. The molecule has 0 fully saturated rings. The summed E-state index contributed by atoms with van der Waals surface area (Å²) in [5.41, 5.74) is 4.31. The fraction of sp³-hybridized carbons (Fsp3) is 0.200. The topological polar surface area (TPSA) is 47.3 Å². The number of hydrogen-bond acceptors (Lipinski definition) is 3. The first-order chi connectivity index (χ1) is 8.63. The van der Waals surface area contributed by atoms with Crippen LogP contribution in [0.25, 0.3) is 16.9 Å². The molecule has 3 aliphatic rings. The zero-order chi connectivity index (χ0) is 12.9. The Hall–Kier alpha value is -2.16. The van der Waals surface area contributed by atoms with Gasteiger partial charge < -0.3 is 4.42 Å². The van der Waals surface area contributed by atoms with Crippen LogP contribution in [0.1, 0.15) is 33.5 Å². The quantitative estimate of drug-likeness (QED) is 0.720. The molecule has 0 radical (unpaired) electrons. The third kappa shape index (κ3) is 1.30. The normalized spacial score (nSPS) is 13.9. The molecule has 3 nitrogen and oxygen atoms in total. The van der Waals surface area contributed by atoms with Crippen molar-refractivity contribution in [3.8, 4) is 11.3 Å². The Morgan fingerprint density at radius 1 is 1.33 bits per heavy atom. The number of aldehydes is 1. The number of furan rings is 1. The first-order valence-corrected chi connectivity index (χ1v) is 5.86. The molecule has 0 unspecified atom stereocenters. The van der Waals surface area contributed by atoms with Crippen LogP contribution in [0.2, 0.25) is 0 Å². The fourth-order valence-corrected chi connectivity index (χ4v) is 2.64. The van der Waals surface area contributed by atoms with E-state index in [0.717, 1.165) is 29.5 Å². The third-order valence-corrected chi connectivity index (χ3v) is 3.60. The predicted molar refractivity (Wildman–Crippen MR) is 69.1 cm³/mol. The van der Waals surface area contributed by atoms with Crippen molar-refractivity contribution in [2.75, 3.05) is 0 Å². The average molecular weight is 240 g/mol. The van der Waals surface area contributed by atoms with Crippen molar-refractivity contribution in [2.45, 2.75) is 19.8 Å². The zero-order valence-corrected chi connectivity index (χ0v) is 10.1. The van der Waals surface area contributed by atoms with Crippen LogP contribution in [-0.2, 0) is 6.42 Å². The van der Waals surface area contributed by atoms with Crippen LogP contribution >= 0.6 is 0 Å². The highest BCUT2D eigenvalue weighted by Gasteiger charge is 2.27. The van der Waals surface area contributed by atoms with Gasteiger partial charge in [-0.1, -0.05) is 12.6 Å². The van der Waals surface area contributed by atoms with Gasteiger partial charge in [0, 0.05) is 11.1 Å². The lowest BCUT2D eigenvalue weighted by Gasteiger charge is -2.00. The third-order valence-electron chi connectivity index (χ3n) is 3.60. The minimum absolute atomic E-state index is 0.0995. The van der Waals surface area contributed by atoms with Crippen molar-refractivity contribution in [3.63, 3.8) is 0 Å². The second kappa shape index (κ2) is 3.67. The summed E-state index contributed by atoms with van der Waals surface area (Å²) in [5.74, 6) is 0.507. The molecule has 1 heterocycles. The minimum atomic E-state index is -0.564. The molecule has 0 saturated heterocycles. The van der Waals surface area contributed by atoms with E-state index in [-0.39, 0.29) is 5.56 Å². The molecule has 0 spiro atoms. The highest BCUT2D eigenvalue weighted by Crippen LogP contribution is 2.40. The molecular formula is C15H12O3. The molecular weight excluding hydrogens is 228 g/mol. The SMILES string of the molecule is C=C1CCc2c(C)ccc3c(C=O)c(=O)oc-3c21. The summed E-state index contributed by atoms with van der Waals surface area (Å²) in [6.07, 6.45) is 2.35. The van der Waals surface area contributed by atoms with Gasteiger partial charge in [0.1, 0.15) is 11.3 Å². The van der Waals surface area contributed by atoms with Crippen LogP contribution in [0.3, 0.4) is 0 Å². The second-order valence-electron chi connectivity index (χ2n) is 4.64. The summed E-state index contributed by atoms with van der Waals surface area (Å²) in [6.45, 7) is 6.05. The van der Waals surface area contributed by atoms with Gasteiger partial charge >= 0.3 is 5.63 Å². The molecule has 0 aromatic rings. The first kappa shape index (κ1) is 11.0. The monoisotopic (exact) mass is 240 g/mol. The number of carbonyl (C=O) groups is 1. The fourth-order valence-electron chi connectivity index (χ4n) is 2.64. The lowest BCUT2D eigenvalue weighted by Crippen LogP contribution is -1.98. The Balaban J connectivity index is 2.50.